The highest BCUT2D eigenvalue weighted by atomic mass is 32.1. The number of hydrogen-bond donors (Lipinski definition) is 1. The third-order valence-corrected chi connectivity index (χ3v) is 4.53. The highest BCUT2D eigenvalue weighted by molar-refractivity contribution is 7.09. The lowest BCUT2D eigenvalue weighted by Gasteiger charge is -2.18. The molecule has 3 aromatic rings. The molecule has 21 heavy (non-hydrogen) atoms. The molecule has 2 nitrogen and oxygen atoms in total. The van der Waals surface area contributed by atoms with Crippen LogP contribution in [0, 0.1) is 12.7 Å². The van der Waals surface area contributed by atoms with Crippen molar-refractivity contribution < 1.29 is 4.39 Å². The molecule has 0 fully saturated rings. The molecule has 1 aromatic heterocycles. The van der Waals surface area contributed by atoms with E-state index in [2.05, 4.69) is 15.7 Å². The van der Waals surface area contributed by atoms with Crippen molar-refractivity contribution in [1.29, 1.82) is 0 Å². The highest BCUT2D eigenvalue weighted by Gasteiger charge is 2.16. The lowest BCUT2D eigenvalue weighted by Crippen LogP contribution is -2.19. The number of halogens is 1. The van der Waals surface area contributed by atoms with Gasteiger partial charge in [0.2, 0.25) is 0 Å². The first-order valence-corrected chi connectivity index (χ1v) is 7.82. The number of aryl methyl sites for hydroxylation is 1. The predicted octanol–water partition coefficient (Wildman–Crippen LogP) is 4.25. The van der Waals surface area contributed by atoms with Gasteiger partial charge in [-0.2, -0.15) is 0 Å². The van der Waals surface area contributed by atoms with Crippen molar-refractivity contribution in [3.63, 3.8) is 0 Å². The molecule has 0 bridgehead atoms. The third kappa shape index (κ3) is 2.82. The lowest BCUT2D eigenvalue weighted by atomic mass is 9.96. The molecule has 1 N–H and O–H groups in total. The maximum atomic E-state index is 13.9. The van der Waals surface area contributed by atoms with E-state index in [1.54, 1.807) is 17.4 Å². The number of likely N-dealkylation sites (N-methyl/N-ethyl adjacent to an activating group) is 1. The summed E-state index contributed by atoms with van der Waals surface area (Å²) in [5, 5.41) is 8.12. The van der Waals surface area contributed by atoms with Gasteiger partial charge in [0, 0.05) is 23.2 Å². The Morgan fingerprint density at radius 3 is 2.62 bits per heavy atom. The third-order valence-electron chi connectivity index (χ3n) is 3.71. The minimum absolute atomic E-state index is 0.122. The summed E-state index contributed by atoms with van der Waals surface area (Å²) in [5.74, 6) is -0.172. The Kier molecular flexibility index (Phi) is 3.99. The number of nitrogens with zero attached hydrogens (tertiary/aromatic N) is 1. The summed E-state index contributed by atoms with van der Waals surface area (Å²) in [5.41, 5.74) is 2.19. The smallest absolute Gasteiger partial charge is 0.131 e. The number of rotatable bonds is 4. The number of thiazole rings is 1. The Morgan fingerprint density at radius 2 is 1.95 bits per heavy atom. The zero-order chi connectivity index (χ0) is 14.8. The van der Waals surface area contributed by atoms with Crippen LogP contribution in [0.4, 0.5) is 4.39 Å². The van der Waals surface area contributed by atoms with E-state index >= 15 is 0 Å². The van der Waals surface area contributed by atoms with Gasteiger partial charge in [-0.1, -0.05) is 30.3 Å². The molecule has 3 rings (SSSR count). The van der Waals surface area contributed by atoms with E-state index in [0.29, 0.717) is 5.39 Å². The molecule has 0 aliphatic rings. The summed E-state index contributed by atoms with van der Waals surface area (Å²) in [4.78, 5) is 4.53. The van der Waals surface area contributed by atoms with Crippen LogP contribution in [-0.4, -0.2) is 12.0 Å². The molecule has 0 aliphatic heterocycles. The SMILES string of the molecule is CNC(Cc1csc(C)n1)c1ccc(F)c2ccccc12. The maximum Gasteiger partial charge on any atom is 0.131 e. The summed E-state index contributed by atoms with van der Waals surface area (Å²) >= 11 is 1.66. The molecule has 0 saturated carbocycles. The second-order valence-corrected chi connectivity index (χ2v) is 6.15. The quantitative estimate of drug-likeness (QED) is 0.779. The molecule has 0 saturated heterocycles. The van der Waals surface area contributed by atoms with Crippen LogP contribution < -0.4 is 5.32 Å². The number of nitrogens with one attached hydrogen (secondary N) is 1. The fourth-order valence-electron chi connectivity index (χ4n) is 2.67. The predicted molar refractivity (Wildman–Crippen MR) is 86.3 cm³/mol. The van der Waals surface area contributed by atoms with Gasteiger partial charge in [0.05, 0.1) is 10.7 Å². The molecular formula is C17H17FN2S. The Morgan fingerprint density at radius 1 is 1.19 bits per heavy atom. The lowest BCUT2D eigenvalue weighted by molar-refractivity contribution is 0.587. The van der Waals surface area contributed by atoms with Gasteiger partial charge in [-0.05, 0) is 31.0 Å². The van der Waals surface area contributed by atoms with E-state index in [1.165, 1.54) is 0 Å². The van der Waals surface area contributed by atoms with E-state index in [-0.39, 0.29) is 11.9 Å². The van der Waals surface area contributed by atoms with Crippen molar-refractivity contribution >= 4 is 22.1 Å². The van der Waals surface area contributed by atoms with Gasteiger partial charge in [-0.15, -0.1) is 11.3 Å². The Bertz CT molecular complexity index is 766. The summed E-state index contributed by atoms with van der Waals surface area (Å²) in [6.07, 6.45) is 0.802. The van der Waals surface area contributed by atoms with Crippen molar-refractivity contribution in [3.8, 4) is 0 Å². The van der Waals surface area contributed by atoms with E-state index in [0.717, 1.165) is 28.1 Å². The fourth-order valence-corrected chi connectivity index (χ4v) is 3.29. The summed E-state index contributed by atoms with van der Waals surface area (Å²) in [6.45, 7) is 2.01. The van der Waals surface area contributed by atoms with Crippen LogP contribution in [0.2, 0.25) is 0 Å². The number of aromatic nitrogens is 1. The summed E-state index contributed by atoms with van der Waals surface area (Å²) < 4.78 is 13.9. The van der Waals surface area contributed by atoms with E-state index < -0.39 is 0 Å². The second kappa shape index (κ2) is 5.92. The van der Waals surface area contributed by atoms with Gasteiger partial charge in [0.25, 0.3) is 0 Å². The summed E-state index contributed by atoms with van der Waals surface area (Å²) in [6, 6.07) is 11.2. The van der Waals surface area contributed by atoms with Crippen LogP contribution in [0.15, 0.2) is 41.8 Å². The molecule has 2 aromatic carbocycles. The molecule has 1 atom stereocenters. The molecule has 4 heteroatoms. The van der Waals surface area contributed by atoms with Gasteiger partial charge in [-0.3, -0.25) is 0 Å². The highest BCUT2D eigenvalue weighted by Crippen LogP contribution is 2.28. The zero-order valence-electron chi connectivity index (χ0n) is 12.1. The zero-order valence-corrected chi connectivity index (χ0v) is 12.9. The van der Waals surface area contributed by atoms with Gasteiger partial charge in [0.1, 0.15) is 5.82 Å². The topological polar surface area (TPSA) is 24.9 Å². The number of benzene rings is 2. The maximum absolute atomic E-state index is 13.9. The van der Waals surface area contributed by atoms with Gasteiger partial charge >= 0.3 is 0 Å². The van der Waals surface area contributed by atoms with Crippen LogP contribution in [-0.2, 0) is 6.42 Å². The van der Waals surface area contributed by atoms with E-state index in [4.69, 9.17) is 0 Å². The first-order chi connectivity index (χ1) is 10.2. The molecule has 0 radical (unpaired) electrons. The van der Waals surface area contributed by atoms with Crippen molar-refractivity contribution in [2.24, 2.45) is 0 Å². The molecule has 1 heterocycles. The first-order valence-electron chi connectivity index (χ1n) is 6.94. The van der Waals surface area contributed by atoms with Gasteiger partial charge < -0.3 is 5.32 Å². The van der Waals surface area contributed by atoms with Crippen LogP contribution in [0.5, 0.6) is 0 Å². The average Bonchev–Trinajstić information content (AvgIpc) is 2.91. The summed E-state index contributed by atoms with van der Waals surface area (Å²) in [7, 11) is 1.93. The largest absolute Gasteiger partial charge is 0.313 e. The fraction of sp³-hybridized carbons (Fsp3) is 0.235. The first kappa shape index (κ1) is 14.2. The van der Waals surface area contributed by atoms with Crippen LogP contribution >= 0.6 is 11.3 Å². The number of hydrogen-bond acceptors (Lipinski definition) is 3. The average molecular weight is 300 g/mol. The number of fused-ring (bicyclic) bond motifs is 1. The van der Waals surface area contributed by atoms with Crippen molar-refractivity contribution in [1.82, 2.24) is 10.3 Å². The molecule has 0 amide bonds. The van der Waals surface area contributed by atoms with Crippen LogP contribution in [0.25, 0.3) is 10.8 Å². The normalized spacial score (nSPS) is 12.7. The van der Waals surface area contributed by atoms with Crippen LogP contribution in [0.1, 0.15) is 22.3 Å². The van der Waals surface area contributed by atoms with E-state index in [9.17, 15) is 4.39 Å². The molecule has 1 unspecified atom stereocenters. The van der Waals surface area contributed by atoms with Gasteiger partial charge in [-0.25, -0.2) is 9.37 Å². The monoisotopic (exact) mass is 300 g/mol. The minimum atomic E-state index is -0.172. The van der Waals surface area contributed by atoms with Crippen molar-refractivity contribution in [2.45, 2.75) is 19.4 Å². The Labute approximate surface area is 127 Å². The molecular weight excluding hydrogens is 283 g/mol. The Hall–Kier alpha value is -1.78. The minimum Gasteiger partial charge on any atom is -0.313 e. The van der Waals surface area contributed by atoms with E-state index in [1.807, 2.05) is 44.3 Å². The van der Waals surface area contributed by atoms with Crippen LogP contribution in [0.3, 0.4) is 0 Å². The molecule has 0 aliphatic carbocycles. The van der Waals surface area contributed by atoms with Crippen molar-refractivity contribution in [3.05, 3.63) is 63.9 Å². The Balaban J connectivity index is 2.03. The molecule has 108 valence electrons. The molecule has 0 spiro atoms. The second-order valence-electron chi connectivity index (χ2n) is 5.09. The van der Waals surface area contributed by atoms with Crippen molar-refractivity contribution in [2.75, 3.05) is 7.05 Å². The van der Waals surface area contributed by atoms with Gasteiger partial charge in [0.15, 0.2) is 0 Å². The standard InChI is InChI=1S/C17H17FN2S/c1-11-20-12(10-21-11)9-17(19-2)15-7-8-16(18)14-6-4-3-5-13(14)15/h3-8,10,17,19H,9H2,1-2H3.